The third-order valence-electron chi connectivity index (χ3n) is 2.92. The fourth-order valence-electron chi connectivity index (χ4n) is 2.12. The van der Waals surface area contributed by atoms with E-state index in [1.165, 1.54) is 12.8 Å². The summed E-state index contributed by atoms with van der Waals surface area (Å²) < 4.78 is 0. The van der Waals surface area contributed by atoms with Crippen LogP contribution in [0.1, 0.15) is 39.0 Å². The molecule has 1 unspecified atom stereocenters. The van der Waals surface area contributed by atoms with E-state index in [-0.39, 0.29) is 0 Å². The first-order valence-corrected chi connectivity index (χ1v) is 5.71. The van der Waals surface area contributed by atoms with Gasteiger partial charge < -0.3 is 10.0 Å². The molecular weight excluding hydrogens is 176 g/mol. The summed E-state index contributed by atoms with van der Waals surface area (Å²) in [5.41, 5.74) is 0. The van der Waals surface area contributed by atoms with Crippen molar-refractivity contribution in [1.29, 1.82) is 5.41 Å². The number of likely N-dealkylation sites (tertiary alicyclic amines) is 1. The van der Waals surface area contributed by atoms with E-state index >= 15 is 0 Å². The molecule has 1 fully saturated rings. The van der Waals surface area contributed by atoms with Crippen LogP contribution in [-0.4, -0.2) is 35.5 Å². The van der Waals surface area contributed by atoms with Crippen LogP contribution < -0.4 is 0 Å². The molecule has 0 spiro atoms. The van der Waals surface area contributed by atoms with Gasteiger partial charge in [0.25, 0.3) is 0 Å². The Labute approximate surface area is 86.6 Å². The van der Waals surface area contributed by atoms with Crippen molar-refractivity contribution in [2.45, 2.75) is 39.0 Å². The van der Waals surface area contributed by atoms with E-state index in [1.807, 2.05) is 0 Å². The zero-order chi connectivity index (χ0) is 10.4. The van der Waals surface area contributed by atoms with Gasteiger partial charge in [-0.15, -0.1) is 0 Å². The Morgan fingerprint density at radius 2 is 2.36 bits per heavy atom. The van der Waals surface area contributed by atoms with E-state index in [0.717, 1.165) is 38.2 Å². The standard InChI is InChI=1S/C11H22N2O/c1-2-4-11(12)13-7-3-5-10(9-13)6-8-14/h10,12,14H,2-9H2,1H3. The lowest BCUT2D eigenvalue weighted by Crippen LogP contribution is -2.39. The number of aliphatic hydroxyl groups is 1. The molecule has 0 bridgehead atoms. The van der Waals surface area contributed by atoms with Crippen LogP contribution in [0.2, 0.25) is 0 Å². The molecule has 1 atom stereocenters. The van der Waals surface area contributed by atoms with Gasteiger partial charge in [-0.25, -0.2) is 0 Å². The van der Waals surface area contributed by atoms with Crippen LogP contribution >= 0.6 is 0 Å². The zero-order valence-electron chi connectivity index (χ0n) is 9.13. The summed E-state index contributed by atoms with van der Waals surface area (Å²) in [4.78, 5) is 2.19. The van der Waals surface area contributed by atoms with Crippen LogP contribution in [0.5, 0.6) is 0 Å². The largest absolute Gasteiger partial charge is 0.396 e. The van der Waals surface area contributed by atoms with Crippen molar-refractivity contribution in [2.75, 3.05) is 19.7 Å². The van der Waals surface area contributed by atoms with Crippen LogP contribution in [0.25, 0.3) is 0 Å². The van der Waals surface area contributed by atoms with Crippen molar-refractivity contribution in [3.63, 3.8) is 0 Å². The maximum absolute atomic E-state index is 8.87. The van der Waals surface area contributed by atoms with E-state index < -0.39 is 0 Å². The van der Waals surface area contributed by atoms with E-state index in [9.17, 15) is 0 Å². The lowest BCUT2D eigenvalue weighted by molar-refractivity contribution is 0.196. The Balaban J connectivity index is 2.35. The first-order valence-electron chi connectivity index (χ1n) is 5.71. The number of hydrogen-bond acceptors (Lipinski definition) is 2. The quantitative estimate of drug-likeness (QED) is 0.535. The normalized spacial score (nSPS) is 22.4. The molecule has 1 rings (SSSR count). The average molecular weight is 198 g/mol. The molecule has 1 saturated heterocycles. The Bertz CT molecular complexity index is 180. The number of hydrogen-bond donors (Lipinski definition) is 2. The van der Waals surface area contributed by atoms with Crippen molar-refractivity contribution in [3.05, 3.63) is 0 Å². The van der Waals surface area contributed by atoms with Crippen molar-refractivity contribution >= 4 is 5.84 Å². The van der Waals surface area contributed by atoms with Crippen LogP contribution in [0.4, 0.5) is 0 Å². The highest BCUT2D eigenvalue weighted by atomic mass is 16.3. The molecule has 0 radical (unpaired) electrons. The van der Waals surface area contributed by atoms with Gasteiger partial charge in [-0.3, -0.25) is 5.41 Å². The molecule has 0 aliphatic carbocycles. The zero-order valence-corrected chi connectivity index (χ0v) is 9.13. The van der Waals surface area contributed by atoms with Crippen LogP contribution in [0.15, 0.2) is 0 Å². The van der Waals surface area contributed by atoms with Crippen molar-refractivity contribution in [2.24, 2.45) is 5.92 Å². The summed E-state index contributed by atoms with van der Waals surface area (Å²) in [6, 6.07) is 0. The Morgan fingerprint density at radius 3 is 3.00 bits per heavy atom. The van der Waals surface area contributed by atoms with Gasteiger partial charge >= 0.3 is 0 Å². The molecule has 0 aromatic rings. The molecule has 14 heavy (non-hydrogen) atoms. The summed E-state index contributed by atoms with van der Waals surface area (Å²) in [5, 5.41) is 16.7. The van der Waals surface area contributed by atoms with Gasteiger partial charge in [-0.2, -0.15) is 0 Å². The summed E-state index contributed by atoms with van der Waals surface area (Å²) in [6.45, 7) is 4.43. The number of rotatable bonds is 4. The maximum Gasteiger partial charge on any atom is 0.0957 e. The average Bonchev–Trinajstić information content (AvgIpc) is 2.19. The third-order valence-corrected chi connectivity index (χ3v) is 2.92. The number of nitrogens with zero attached hydrogens (tertiary/aromatic N) is 1. The number of aliphatic hydroxyl groups excluding tert-OH is 1. The minimum absolute atomic E-state index is 0.291. The second kappa shape index (κ2) is 6.02. The lowest BCUT2D eigenvalue weighted by atomic mass is 9.95. The molecule has 0 aromatic carbocycles. The molecule has 1 aliphatic heterocycles. The Hall–Kier alpha value is -0.570. The van der Waals surface area contributed by atoms with Gasteiger partial charge in [0, 0.05) is 26.1 Å². The van der Waals surface area contributed by atoms with Gasteiger partial charge in [0.15, 0.2) is 0 Å². The second-order valence-corrected chi connectivity index (χ2v) is 4.16. The maximum atomic E-state index is 8.87. The second-order valence-electron chi connectivity index (χ2n) is 4.16. The minimum Gasteiger partial charge on any atom is -0.396 e. The predicted molar refractivity (Wildman–Crippen MR) is 58.6 cm³/mol. The molecule has 0 amide bonds. The van der Waals surface area contributed by atoms with Gasteiger partial charge in [-0.1, -0.05) is 6.92 Å². The molecule has 1 aliphatic rings. The fraction of sp³-hybridized carbons (Fsp3) is 0.909. The molecular formula is C11H22N2O. The SMILES string of the molecule is CCCC(=N)N1CCCC(CCO)C1. The van der Waals surface area contributed by atoms with Crippen molar-refractivity contribution < 1.29 is 5.11 Å². The molecule has 3 heteroatoms. The number of piperidine rings is 1. The Morgan fingerprint density at radius 1 is 1.57 bits per heavy atom. The van der Waals surface area contributed by atoms with Gasteiger partial charge in [0.05, 0.1) is 5.84 Å². The van der Waals surface area contributed by atoms with Crippen LogP contribution in [-0.2, 0) is 0 Å². The van der Waals surface area contributed by atoms with Crippen molar-refractivity contribution in [3.8, 4) is 0 Å². The predicted octanol–water partition coefficient (Wildman–Crippen LogP) is 1.86. The van der Waals surface area contributed by atoms with Gasteiger partial charge in [0.1, 0.15) is 0 Å². The highest BCUT2D eigenvalue weighted by Crippen LogP contribution is 2.19. The molecule has 2 N–H and O–H groups in total. The minimum atomic E-state index is 0.291. The Kier molecular flexibility index (Phi) is 4.94. The molecule has 1 heterocycles. The highest BCUT2D eigenvalue weighted by Gasteiger charge is 2.20. The summed E-state index contributed by atoms with van der Waals surface area (Å²) in [7, 11) is 0. The van der Waals surface area contributed by atoms with Gasteiger partial charge in [0.2, 0.25) is 0 Å². The topological polar surface area (TPSA) is 47.3 Å². The monoisotopic (exact) mass is 198 g/mol. The van der Waals surface area contributed by atoms with E-state index in [1.54, 1.807) is 0 Å². The lowest BCUT2D eigenvalue weighted by Gasteiger charge is -2.34. The summed E-state index contributed by atoms with van der Waals surface area (Å²) in [5.74, 6) is 1.39. The number of amidine groups is 1. The van der Waals surface area contributed by atoms with Crippen molar-refractivity contribution in [1.82, 2.24) is 4.90 Å². The van der Waals surface area contributed by atoms with Gasteiger partial charge in [-0.05, 0) is 31.6 Å². The smallest absolute Gasteiger partial charge is 0.0957 e. The summed E-state index contributed by atoms with van der Waals surface area (Å²) in [6.07, 6.45) is 5.25. The number of nitrogens with one attached hydrogen (secondary N) is 1. The van der Waals surface area contributed by atoms with Crippen LogP contribution in [0, 0.1) is 11.3 Å². The first kappa shape index (κ1) is 11.5. The fourth-order valence-corrected chi connectivity index (χ4v) is 2.12. The first-order chi connectivity index (χ1) is 6.77. The van der Waals surface area contributed by atoms with Crippen LogP contribution in [0.3, 0.4) is 0 Å². The molecule has 0 saturated carbocycles. The molecule has 82 valence electrons. The van der Waals surface area contributed by atoms with E-state index in [4.69, 9.17) is 10.5 Å². The molecule has 3 nitrogen and oxygen atoms in total. The van der Waals surface area contributed by atoms with E-state index in [0.29, 0.717) is 12.5 Å². The highest BCUT2D eigenvalue weighted by molar-refractivity contribution is 5.79. The van der Waals surface area contributed by atoms with E-state index in [2.05, 4.69) is 11.8 Å². The molecule has 0 aromatic heterocycles. The third kappa shape index (κ3) is 3.29. The summed E-state index contributed by atoms with van der Waals surface area (Å²) >= 11 is 0.